The molecule has 0 saturated carbocycles. The predicted molar refractivity (Wildman–Crippen MR) is 89.3 cm³/mol. The molecule has 4 nitrogen and oxygen atoms in total. The maximum atomic E-state index is 12.0. The molecule has 0 heterocycles. The Balaban J connectivity index is 0.00000400. The van der Waals surface area contributed by atoms with Crippen LogP contribution in [0.5, 0.6) is 5.75 Å². The van der Waals surface area contributed by atoms with Gasteiger partial charge in [-0.3, -0.25) is 4.79 Å². The van der Waals surface area contributed by atoms with Crippen molar-refractivity contribution < 1.29 is 9.53 Å². The molecule has 0 saturated heterocycles. The van der Waals surface area contributed by atoms with Crippen LogP contribution in [-0.4, -0.2) is 31.6 Å². The van der Waals surface area contributed by atoms with E-state index in [1.54, 1.807) is 0 Å². The Morgan fingerprint density at radius 2 is 2.00 bits per heavy atom. The SMILES string of the molecule is CCCNCCNC(=O)C(CC)Oc1cccc(C)c1.Cl. The van der Waals surface area contributed by atoms with Crippen LogP contribution in [0, 0.1) is 6.92 Å². The number of ether oxygens (including phenoxy) is 1. The van der Waals surface area contributed by atoms with Crippen LogP contribution in [0.25, 0.3) is 0 Å². The van der Waals surface area contributed by atoms with Gasteiger partial charge in [-0.1, -0.05) is 26.0 Å². The Morgan fingerprint density at radius 1 is 1.24 bits per heavy atom. The number of aryl methyl sites for hydroxylation is 1. The van der Waals surface area contributed by atoms with Gasteiger partial charge in [0.2, 0.25) is 0 Å². The Bertz CT molecular complexity index is 413. The van der Waals surface area contributed by atoms with Crippen LogP contribution in [0.15, 0.2) is 24.3 Å². The Hall–Kier alpha value is -1.26. The van der Waals surface area contributed by atoms with Crippen molar-refractivity contribution in [2.24, 2.45) is 0 Å². The number of amides is 1. The van der Waals surface area contributed by atoms with Crippen molar-refractivity contribution in [3.63, 3.8) is 0 Å². The zero-order chi connectivity index (χ0) is 14.8. The van der Waals surface area contributed by atoms with Crippen LogP contribution in [0.2, 0.25) is 0 Å². The predicted octanol–water partition coefficient (Wildman–Crippen LogP) is 2.69. The van der Waals surface area contributed by atoms with Gasteiger partial charge in [-0.05, 0) is 44.0 Å². The van der Waals surface area contributed by atoms with E-state index in [0.717, 1.165) is 30.8 Å². The Labute approximate surface area is 134 Å². The first-order chi connectivity index (χ1) is 9.67. The van der Waals surface area contributed by atoms with Gasteiger partial charge in [0.1, 0.15) is 5.75 Å². The molecular weight excluding hydrogens is 288 g/mol. The lowest BCUT2D eigenvalue weighted by atomic mass is 10.2. The van der Waals surface area contributed by atoms with E-state index in [2.05, 4.69) is 17.6 Å². The van der Waals surface area contributed by atoms with Gasteiger partial charge in [0.25, 0.3) is 5.91 Å². The number of benzene rings is 1. The third-order valence-electron chi connectivity index (χ3n) is 2.96. The Morgan fingerprint density at radius 3 is 2.62 bits per heavy atom. The minimum absolute atomic E-state index is 0. The van der Waals surface area contributed by atoms with E-state index < -0.39 is 6.10 Å². The molecule has 0 spiro atoms. The third-order valence-corrected chi connectivity index (χ3v) is 2.96. The van der Waals surface area contributed by atoms with Crippen LogP contribution in [0.4, 0.5) is 0 Å². The van der Waals surface area contributed by atoms with Gasteiger partial charge >= 0.3 is 0 Å². The minimum Gasteiger partial charge on any atom is -0.481 e. The smallest absolute Gasteiger partial charge is 0.261 e. The monoisotopic (exact) mass is 314 g/mol. The fourth-order valence-corrected chi connectivity index (χ4v) is 1.86. The molecule has 1 unspecified atom stereocenters. The summed E-state index contributed by atoms with van der Waals surface area (Å²) in [7, 11) is 0. The fourth-order valence-electron chi connectivity index (χ4n) is 1.86. The number of nitrogens with one attached hydrogen (secondary N) is 2. The molecule has 0 radical (unpaired) electrons. The van der Waals surface area contributed by atoms with E-state index in [1.165, 1.54) is 0 Å². The van der Waals surface area contributed by atoms with E-state index in [0.29, 0.717) is 13.0 Å². The highest BCUT2D eigenvalue weighted by Crippen LogP contribution is 2.15. The van der Waals surface area contributed by atoms with Crippen molar-refractivity contribution in [3.8, 4) is 5.75 Å². The van der Waals surface area contributed by atoms with Crippen LogP contribution in [0.3, 0.4) is 0 Å². The van der Waals surface area contributed by atoms with E-state index >= 15 is 0 Å². The molecule has 0 aliphatic rings. The van der Waals surface area contributed by atoms with Crippen LogP contribution in [0.1, 0.15) is 32.3 Å². The van der Waals surface area contributed by atoms with Gasteiger partial charge in [0.15, 0.2) is 6.10 Å². The average Bonchev–Trinajstić information content (AvgIpc) is 2.44. The standard InChI is InChI=1S/C16H26N2O2.ClH/c1-4-9-17-10-11-18-16(19)15(5-2)20-14-8-6-7-13(3)12-14;/h6-8,12,15,17H,4-5,9-11H2,1-3H3,(H,18,19);1H. The molecule has 5 heteroatoms. The lowest BCUT2D eigenvalue weighted by molar-refractivity contribution is -0.128. The topological polar surface area (TPSA) is 50.4 Å². The third kappa shape index (κ3) is 7.93. The summed E-state index contributed by atoms with van der Waals surface area (Å²) in [6.45, 7) is 8.48. The van der Waals surface area contributed by atoms with Gasteiger partial charge in [0.05, 0.1) is 0 Å². The van der Waals surface area contributed by atoms with E-state index in [-0.39, 0.29) is 18.3 Å². The summed E-state index contributed by atoms with van der Waals surface area (Å²) in [5.74, 6) is 0.698. The van der Waals surface area contributed by atoms with Crippen molar-refractivity contribution in [2.75, 3.05) is 19.6 Å². The minimum atomic E-state index is -0.428. The summed E-state index contributed by atoms with van der Waals surface area (Å²) in [5, 5.41) is 6.15. The second kappa shape index (κ2) is 11.4. The first-order valence-corrected chi connectivity index (χ1v) is 7.39. The molecule has 0 fully saturated rings. The number of rotatable bonds is 9. The van der Waals surface area contributed by atoms with Crippen molar-refractivity contribution in [1.82, 2.24) is 10.6 Å². The molecule has 1 rings (SSSR count). The summed E-state index contributed by atoms with van der Waals surface area (Å²) in [5.41, 5.74) is 1.13. The first-order valence-electron chi connectivity index (χ1n) is 7.39. The largest absolute Gasteiger partial charge is 0.481 e. The molecule has 0 bridgehead atoms. The van der Waals surface area contributed by atoms with E-state index in [4.69, 9.17) is 4.74 Å². The number of hydrogen-bond donors (Lipinski definition) is 2. The number of carbonyl (C=O) groups is 1. The second-order valence-corrected chi connectivity index (χ2v) is 4.87. The fraction of sp³-hybridized carbons (Fsp3) is 0.562. The van der Waals surface area contributed by atoms with Crippen molar-refractivity contribution in [2.45, 2.75) is 39.7 Å². The summed E-state index contributed by atoms with van der Waals surface area (Å²) in [6.07, 6.45) is 1.33. The average molecular weight is 315 g/mol. The lowest BCUT2D eigenvalue weighted by Crippen LogP contribution is -2.41. The lowest BCUT2D eigenvalue weighted by Gasteiger charge is -2.17. The maximum Gasteiger partial charge on any atom is 0.261 e. The molecule has 120 valence electrons. The molecule has 0 aliphatic carbocycles. The quantitative estimate of drug-likeness (QED) is 0.689. The molecule has 1 aromatic rings. The van der Waals surface area contributed by atoms with E-state index in [9.17, 15) is 4.79 Å². The molecule has 0 aromatic heterocycles. The highest BCUT2D eigenvalue weighted by molar-refractivity contribution is 5.85. The van der Waals surface area contributed by atoms with Crippen LogP contribution in [-0.2, 0) is 4.79 Å². The number of halogens is 1. The van der Waals surface area contributed by atoms with Gasteiger partial charge < -0.3 is 15.4 Å². The van der Waals surface area contributed by atoms with Gasteiger partial charge in [-0.2, -0.15) is 0 Å². The highest BCUT2D eigenvalue weighted by Gasteiger charge is 2.17. The molecule has 1 atom stereocenters. The zero-order valence-corrected chi connectivity index (χ0v) is 14.0. The molecule has 0 aliphatic heterocycles. The van der Waals surface area contributed by atoms with E-state index in [1.807, 2.05) is 38.1 Å². The second-order valence-electron chi connectivity index (χ2n) is 4.87. The summed E-state index contributed by atoms with van der Waals surface area (Å²) in [6, 6.07) is 7.77. The molecule has 1 aromatic carbocycles. The molecule has 2 N–H and O–H groups in total. The summed E-state index contributed by atoms with van der Waals surface area (Å²) in [4.78, 5) is 12.0. The molecular formula is C16H27ClN2O2. The zero-order valence-electron chi connectivity index (χ0n) is 13.1. The number of hydrogen-bond acceptors (Lipinski definition) is 3. The number of carbonyl (C=O) groups excluding carboxylic acids is 1. The molecule has 1 amide bonds. The van der Waals surface area contributed by atoms with Gasteiger partial charge in [-0.15, -0.1) is 12.4 Å². The molecule has 21 heavy (non-hydrogen) atoms. The van der Waals surface area contributed by atoms with Crippen molar-refractivity contribution in [1.29, 1.82) is 0 Å². The van der Waals surface area contributed by atoms with Crippen molar-refractivity contribution >= 4 is 18.3 Å². The maximum absolute atomic E-state index is 12.0. The van der Waals surface area contributed by atoms with Crippen molar-refractivity contribution in [3.05, 3.63) is 29.8 Å². The normalized spacial score (nSPS) is 11.4. The highest BCUT2D eigenvalue weighted by atomic mass is 35.5. The first kappa shape index (κ1) is 19.7. The van der Waals surface area contributed by atoms with Gasteiger partial charge in [0, 0.05) is 13.1 Å². The van der Waals surface area contributed by atoms with Crippen LogP contribution >= 0.6 is 12.4 Å². The summed E-state index contributed by atoms with van der Waals surface area (Å²) < 4.78 is 5.75. The summed E-state index contributed by atoms with van der Waals surface area (Å²) >= 11 is 0. The van der Waals surface area contributed by atoms with Gasteiger partial charge in [-0.25, -0.2) is 0 Å². The Kier molecular flexibility index (Phi) is 10.7. The van der Waals surface area contributed by atoms with Crippen LogP contribution < -0.4 is 15.4 Å².